The molecule has 0 saturated carbocycles. The number of carbonyl (C=O) groups excluding carboxylic acids is 1. The van der Waals surface area contributed by atoms with E-state index in [0.29, 0.717) is 11.6 Å². The van der Waals surface area contributed by atoms with Crippen molar-refractivity contribution < 1.29 is 9.21 Å². The highest BCUT2D eigenvalue weighted by Gasteiger charge is 2.15. The number of para-hydroxylation sites is 2. The number of nitrogens with zero attached hydrogens (tertiary/aromatic N) is 3. The fourth-order valence-corrected chi connectivity index (χ4v) is 3.63. The molecule has 4 rings (SSSR count). The maximum absolute atomic E-state index is 12.6. The number of benzene rings is 2. The summed E-state index contributed by atoms with van der Waals surface area (Å²) in [6.45, 7) is 0. The highest BCUT2D eigenvalue weighted by molar-refractivity contribution is 8.00. The second kappa shape index (κ2) is 7.63. The standard InChI is InChI=1S/C21H17N3O2S/c1-24(15-8-3-2-4-9-15)19(25)14-27-21-16-10-5-6-11-17(16)22-20(23-21)18-12-7-13-26-18/h2-13H,14H2,1H3. The zero-order valence-electron chi connectivity index (χ0n) is 14.7. The molecule has 0 saturated heterocycles. The predicted octanol–water partition coefficient (Wildman–Crippen LogP) is 4.64. The van der Waals surface area contributed by atoms with E-state index in [4.69, 9.17) is 4.42 Å². The average molecular weight is 375 g/mol. The molecule has 0 radical (unpaired) electrons. The van der Waals surface area contributed by atoms with Gasteiger partial charge in [0.25, 0.3) is 0 Å². The van der Waals surface area contributed by atoms with Crippen LogP contribution in [0.2, 0.25) is 0 Å². The van der Waals surface area contributed by atoms with E-state index < -0.39 is 0 Å². The van der Waals surface area contributed by atoms with Crippen LogP contribution in [0.5, 0.6) is 0 Å². The quantitative estimate of drug-likeness (QED) is 0.375. The molecule has 0 spiro atoms. The van der Waals surface area contributed by atoms with Crippen molar-refractivity contribution >= 4 is 34.3 Å². The van der Waals surface area contributed by atoms with Gasteiger partial charge in [0.05, 0.1) is 17.5 Å². The van der Waals surface area contributed by atoms with Crippen LogP contribution in [-0.4, -0.2) is 28.7 Å². The first kappa shape index (κ1) is 17.3. The first-order valence-corrected chi connectivity index (χ1v) is 9.46. The molecular weight excluding hydrogens is 358 g/mol. The highest BCUT2D eigenvalue weighted by Crippen LogP contribution is 2.29. The number of rotatable bonds is 5. The fourth-order valence-electron chi connectivity index (χ4n) is 2.70. The van der Waals surface area contributed by atoms with Gasteiger partial charge in [0.15, 0.2) is 11.6 Å². The van der Waals surface area contributed by atoms with Crippen LogP contribution in [0.1, 0.15) is 0 Å². The summed E-state index contributed by atoms with van der Waals surface area (Å²) in [5, 5.41) is 1.69. The summed E-state index contributed by atoms with van der Waals surface area (Å²) < 4.78 is 5.44. The molecular formula is C21H17N3O2S. The molecule has 0 aliphatic carbocycles. The summed E-state index contributed by atoms with van der Waals surface area (Å²) in [5.74, 6) is 1.41. The van der Waals surface area contributed by atoms with E-state index in [2.05, 4.69) is 9.97 Å². The monoisotopic (exact) mass is 375 g/mol. The van der Waals surface area contributed by atoms with Gasteiger partial charge in [-0.1, -0.05) is 48.2 Å². The topological polar surface area (TPSA) is 59.2 Å². The number of carbonyl (C=O) groups is 1. The predicted molar refractivity (Wildman–Crippen MR) is 108 cm³/mol. The first-order valence-electron chi connectivity index (χ1n) is 8.47. The van der Waals surface area contributed by atoms with Gasteiger partial charge in [-0.05, 0) is 30.3 Å². The van der Waals surface area contributed by atoms with E-state index in [1.807, 2.05) is 60.7 Å². The molecule has 0 aliphatic rings. The molecule has 2 aromatic carbocycles. The highest BCUT2D eigenvalue weighted by atomic mass is 32.2. The Morgan fingerprint density at radius 2 is 1.78 bits per heavy atom. The molecule has 4 aromatic rings. The van der Waals surface area contributed by atoms with Gasteiger partial charge in [-0.25, -0.2) is 9.97 Å². The molecule has 0 fully saturated rings. The average Bonchev–Trinajstić information content (AvgIpc) is 3.26. The van der Waals surface area contributed by atoms with Gasteiger partial charge < -0.3 is 9.32 Å². The van der Waals surface area contributed by atoms with Crippen molar-refractivity contribution in [1.29, 1.82) is 0 Å². The summed E-state index contributed by atoms with van der Waals surface area (Å²) in [4.78, 5) is 23.5. The van der Waals surface area contributed by atoms with Crippen LogP contribution in [0.4, 0.5) is 5.69 Å². The number of furan rings is 1. The van der Waals surface area contributed by atoms with Crippen LogP contribution >= 0.6 is 11.8 Å². The number of aromatic nitrogens is 2. The van der Waals surface area contributed by atoms with Gasteiger partial charge in [-0.3, -0.25) is 4.79 Å². The van der Waals surface area contributed by atoms with Crippen molar-refractivity contribution in [3.8, 4) is 11.6 Å². The Balaban J connectivity index is 1.60. The molecule has 27 heavy (non-hydrogen) atoms. The lowest BCUT2D eigenvalue weighted by molar-refractivity contribution is -0.115. The molecule has 0 unspecified atom stereocenters. The number of anilines is 1. The number of hydrogen-bond donors (Lipinski definition) is 0. The third-order valence-electron chi connectivity index (χ3n) is 4.16. The fraction of sp³-hybridized carbons (Fsp3) is 0.0952. The van der Waals surface area contributed by atoms with Crippen molar-refractivity contribution in [1.82, 2.24) is 9.97 Å². The molecule has 1 amide bonds. The zero-order valence-corrected chi connectivity index (χ0v) is 15.5. The SMILES string of the molecule is CN(C(=O)CSc1nc(-c2ccco2)nc2ccccc12)c1ccccc1. The minimum absolute atomic E-state index is 0.00782. The Kier molecular flexibility index (Phi) is 4.89. The third-order valence-corrected chi connectivity index (χ3v) is 5.14. The van der Waals surface area contributed by atoms with E-state index in [1.165, 1.54) is 11.8 Å². The van der Waals surface area contributed by atoms with Crippen molar-refractivity contribution in [2.24, 2.45) is 0 Å². The summed E-state index contributed by atoms with van der Waals surface area (Å²) in [7, 11) is 1.78. The van der Waals surface area contributed by atoms with E-state index in [-0.39, 0.29) is 11.7 Å². The molecule has 134 valence electrons. The largest absolute Gasteiger partial charge is 0.461 e. The van der Waals surface area contributed by atoms with Gasteiger partial charge in [0.1, 0.15) is 5.03 Å². The molecule has 0 N–H and O–H groups in total. The van der Waals surface area contributed by atoms with Crippen LogP contribution in [0.15, 0.2) is 82.4 Å². The van der Waals surface area contributed by atoms with Crippen molar-refractivity contribution in [3.05, 3.63) is 73.0 Å². The Morgan fingerprint density at radius 1 is 1.00 bits per heavy atom. The van der Waals surface area contributed by atoms with Crippen LogP contribution in [0, 0.1) is 0 Å². The first-order chi connectivity index (χ1) is 13.2. The molecule has 2 heterocycles. The maximum Gasteiger partial charge on any atom is 0.237 e. The lowest BCUT2D eigenvalue weighted by Gasteiger charge is -2.17. The molecule has 2 aromatic heterocycles. The summed E-state index contributed by atoms with van der Waals surface area (Å²) in [6.07, 6.45) is 1.60. The van der Waals surface area contributed by atoms with Gasteiger partial charge in [0, 0.05) is 18.1 Å². The van der Waals surface area contributed by atoms with Gasteiger partial charge in [0.2, 0.25) is 5.91 Å². The minimum Gasteiger partial charge on any atom is -0.461 e. The zero-order chi connectivity index (χ0) is 18.6. The summed E-state index contributed by atoms with van der Waals surface area (Å²) >= 11 is 1.41. The van der Waals surface area contributed by atoms with E-state index in [1.54, 1.807) is 24.3 Å². The van der Waals surface area contributed by atoms with E-state index in [0.717, 1.165) is 21.6 Å². The number of thioether (sulfide) groups is 1. The van der Waals surface area contributed by atoms with E-state index >= 15 is 0 Å². The minimum atomic E-state index is 0.00782. The second-order valence-electron chi connectivity index (χ2n) is 5.92. The van der Waals surface area contributed by atoms with Crippen molar-refractivity contribution in [2.45, 2.75) is 5.03 Å². The normalized spacial score (nSPS) is 10.9. The molecule has 0 atom stereocenters. The Labute approximate surface area is 161 Å². The van der Waals surface area contributed by atoms with Crippen molar-refractivity contribution in [3.63, 3.8) is 0 Å². The lowest BCUT2D eigenvalue weighted by atomic mass is 10.2. The Hall–Kier alpha value is -3.12. The number of hydrogen-bond acceptors (Lipinski definition) is 5. The van der Waals surface area contributed by atoms with Gasteiger partial charge in [-0.15, -0.1) is 0 Å². The second-order valence-corrected chi connectivity index (χ2v) is 6.89. The summed E-state index contributed by atoms with van der Waals surface area (Å²) in [5.41, 5.74) is 1.69. The summed E-state index contributed by atoms with van der Waals surface area (Å²) in [6, 6.07) is 21.0. The van der Waals surface area contributed by atoms with Gasteiger partial charge >= 0.3 is 0 Å². The third kappa shape index (κ3) is 3.71. The Morgan fingerprint density at radius 3 is 2.56 bits per heavy atom. The van der Waals surface area contributed by atoms with Crippen LogP contribution in [-0.2, 0) is 4.79 Å². The van der Waals surface area contributed by atoms with Crippen LogP contribution in [0.3, 0.4) is 0 Å². The van der Waals surface area contributed by atoms with Gasteiger partial charge in [-0.2, -0.15) is 0 Å². The van der Waals surface area contributed by atoms with Crippen LogP contribution in [0.25, 0.3) is 22.5 Å². The lowest BCUT2D eigenvalue weighted by Crippen LogP contribution is -2.27. The molecule has 5 nitrogen and oxygen atoms in total. The molecule has 6 heteroatoms. The smallest absolute Gasteiger partial charge is 0.237 e. The van der Waals surface area contributed by atoms with Crippen molar-refractivity contribution in [2.75, 3.05) is 17.7 Å². The Bertz CT molecular complexity index is 1070. The number of fused-ring (bicyclic) bond motifs is 1. The number of amides is 1. The molecule has 0 aliphatic heterocycles. The molecule has 0 bridgehead atoms. The van der Waals surface area contributed by atoms with E-state index in [9.17, 15) is 4.79 Å². The maximum atomic E-state index is 12.6. The van der Waals surface area contributed by atoms with Crippen LogP contribution < -0.4 is 4.90 Å².